The van der Waals surface area contributed by atoms with Crippen molar-refractivity contribution in [3.8, 4) is 44.5 Å². The number of anilines is 3. The molecule has 0 bridgehead atoms. The molecule has 0 atom stereocenters. The fraction of sp³-hybridized carbons (Fsp3) is 0.0164. The normalized spacial score (nSPS) is 13.0. The van der Waals surface area contributed by atoms with Gasteiger partial charge in [0.25, 0.3) is 0 Å². The standard InChI is InChI=1S/C61H39N/c1-3-18-40(19-4-1)42-34-36-44(41-20-5-2-6-21-41)59(38-42)62(43-35-37-49-47-24-8-7-22-45(47)46-23-9-10-25-48(46)53(49)39-43)58-33-17-32-57-60(58)52-28-13-16-31-56(52)61(57)54-29-14-11-26-50(54)51-27-12-15-30-55(51)61/h1-39H. The lowest BCUT2D eigenvalue weighted by Crippen LogP contribution is -2.26. The first kappa shape index (κ1) is 34.8. The van der Waals surface area contributed by atoms with Crippen molar-refractivity contribution in [2.75, 3.05) is 4.90 Å². The van der Waals surface area contributed by atoms with Crippen LogP contribution in [0.15, 0.2) is 237 Å². The zero-order valence-corrected chi connectivity index (χ0v) is 34.0. The van der Waals surface area contributed by atoms with E-state index in [0.717, 1.165) is 17.1 Å². The molecule has 1 nitrogen and oxygen atoms in total. The molecule has 0 amide bonds. The second-order valence-electron chi connectivity index (χ2n) is 16.7. The first-order valence-corrected chi connectivity index (χ1v) is 21.6. The van der Waals surface area contributed by atoms with Crippen LogP contribution in [0.25, 0.3) is 76.8 Å². The van der Waals surface area contributed by atoms with Crippen LogP contribution in [0.5, 0.6) is 0 Å². The van der Waals surface area contributed by atoms with E-state index in [-0.39, 0.29) is 0 Å². The third-order valence-corrected chi connectivity index (χ3v) is 13.7. The van der Waals surface area contributed by atoms with Gasteiger partial charge in [-0.3, -0.25) is 0 Å². The second-order valence-corrected chi connectivity index (χ2v) is 16.7. The molecule has 1 spiro atoms. The van der Waals surface area contributed by atoms with Crippen LogP contribution in [0.4, 0.5) is 17.1 Å². The molecule has 0 aliphatic heterocycles. The van der Waals surface area contributed by atoms with Gasteiger partial charge < -0.3 is 4.90 Å². The third kappa shape index (κ3) is 4.85. The van der Waals surface area contributed by atoms with Crippen molar-refractivity contribution in [3.05, 3.63) is 259 Å². The van der Waals surface area contributed by atoms with Gasteiger partial charge in [0.05, 0.1) is 16.8 Å². The summed E-state index contributed by atoms with van der Waals surface area (Å²) in [6, 6.07) is 88.0. The number of hydrogen-bond acceptors (Lipinski definition) is 1. The first-order valence-electron chi connectivity index (χ1n) is 21.6. The van der Waals surface area contributed by atoms with Crippen molar-refractivity contribution in [1.29, 1.82) is 0 Å². The summed E-state index contributed by atoms with van der Waals surface area (Å²) in [5, 5.41) is 7.57. The van der Waals surface area contributed by atoms with Crippen molar-refractivity contribution in [3.63, 3.8) is 0 Å². The number of hydrogen-bond donors (Lipinski definition) is 0. The van der Waals surface area contributed by atoms with E-state index in [1.807, 2.05) is 0 Å². The summed E-state index contributed by atoms with van der Waals surface area (Å²) in [5.74, 6) is 0. The summed E-state index contributed by atoms with van der Waals surface area (Å²) in [4.78, 5) is 2.57. The van der Waals surface area contributed by atoms with Crippen LogP contribution in [-0.2, 0) is 5.41 Å². The molecule has 2 aliphatic carbocycles. The third-order valence-electron chi connectivity index (χ3n) is 13.7. The Morgan fingerprint density at radius 3 is 1.37 bits per heavy atom. The molecule has 0 saturated heterocycles. The molecule has 0 fully saturated rings. The maximum absolute atomic E-state index is 2.57. The average Bonchev–Trinajstić information content (AvgIpc) is 3.83. The first-order chi connectivity index (χ1) is 30.8. The maximum Gasteiger partial charge on any atom is 0.0726 e. The summed E-state index contributed by atoms with van der Waals surface area (Å²) in [7, 11) is 0. The van der Waals surface area contributed by atoms with Crippen LogP contribution >= 0.6 is 0 Å². The highest BCUT2D eigenvalue weighted by Crippen LogP contribution is 2.65. The number of rotatable bonds is 5. The lowest BCUT2D eigenvalue weighted by atomic mass is 9.70. The van der Waals surface area contributed by atoms with E-state index in [1.54, 1.807) is 0 Å². The SMILES string of the molecule is c1ccc(-c2ccc(-c3ccccc3)c(N(c3ccc4c5ccccc5c5ccccc5c4c3)c3cccc4c3-c3ccccc3C43c4ccccc4-c4ccccc43)c2)cc1. The van der Waals surface area contributed by atoms with E-state index in [1.165, 1.54) is 99.1 Å². The molecule has 1 heteroatoms. The molecule has 11 aromatic rings. The Labute approximate surface area is 361 Å². The topological polar surface area (TPSA) is 3.24 Å². The van der Waals surface area contributed by atoms with Gasteiger partial charge in [-0.2, -0.15) is 0 Å². The number of fused-ring (bicyclic) bond motifs is 16. The molecule has 0 N–H and O–H groups in total. The highest BCUT2D eigenvalue weighted by molar-refractivity contribution is 6.26. The molecule has 288 valence electrons. The maximum atomic E-state index is 2.57. The van der Waals surface area contributed by atoms with Crippen LogP contribution < -0.4 is 4.90 Å². The fourth-order valence-electron chi connectivity index (χ4n) is 11.1. The summed E-state index contributed by atoms with van der Waals surface area (Å²) in [6.07, 6.45) is 0. The molecule has 0 heterocycles. The largest absolute Gasteiger partial charge is 0.309 e. The Morgan fingerprint density at radius 1 is 0.258 bits per heavy atom. The van der Waals surface area contributed by atoms with E-state index >= 15 is 0 Å². The van der Waals surface area contributed by atoms with E-state index in [0.29, 0.717) is 0 Å². The minimum atomic E-state index is -0.465. The summed E-state index contributed by atoms with van der Waals surface area (Å²) in [5.41, 5.74) is 18.1. The van der Waals surface area contributed by atoms with Crippen molar-refractivity contribution in [2.45, 2.75) is 5.41 Å². The van der Waals surface area contributed by atoms with Crippen LogP contribution in [0, 0.1) is 0 Å². The Kier molecular flexibility index (Phi) is 7.59. The molecule has 0 unspecified atom stereocenters. The van der Waals surface area contributed by atoms with E-state index < -0.39 is 5.41 Å². The van der Waals surface area contributed by atoms with Gasteiger partial charge in [-0.15, -0.1) is 0 Å². The lowest BCUT2D eigenvalue weighted by molar-refractivity contribution is 0.794. The molecule has 0 aromatic heterocycles. The predicted molar refractivity (Wildman–Crippen MR) is 261 cm³/mol. The molecular formula is C61H39N. The lowest BCUT2D eigenvalue weighted by Gasteiger charge is -2.33. The highest BCUT2D eigenvalue weighted by atomic mass is 15.1. The Morgan fingerprint density at radius 2 is 0.742 bits per heavy atom. The number of benzene rings is 11. The Hall–Kier alpha value is -8.00. The van der Waals surface area contributed by atoms with Gasteiger partial charge in [0.2, 0.25) is 0 Å². The molecule has 11 aromatic carbocycles. The molecule has 62 heavy (non-hydrogen) atoms. The van der Waals surface area contributed by atoms with Gasteiger partial charge in [-0.05, 0) is 112 Å². The molecule has 2 aliphatic rings. The van der Waals surface area contributed by atoms with Crippen LogP contribution in [0.2, 0.25) is 0 Å². The van der Waals surface area contributed by atoms with Crippen molar-refractivity contribution in [1.82, 2.24) is 0 Å². The molecule has 0 radical (unpaired) electrons. The van der Waals surface area contributed by atoms with Crippen molar-refractivity contribution < 1.29 is 0 Å². The van der Waals surface area contributed by atoms with Gasteiger partial charge in [0.15, 0.2) is 0 Å². The summed E-state index contributed by atoms with van der Waals surface area (Å²) >= 11 is 0. The molecule has 0 saturated carbocycles. The van der Waals surface area contributed by atoms with Gasteiger partial charge in [0.1, 0.15) is 0 Å². The summed E-state index contributed by atoms with van der Waals surface area (Å²) in [6.45, 7) is 0. The smallest absolute Gasteiger partial charge is 0.0726 e. The second kappa shape index (κ2) is 13.5. The van der Waals surface area contributed by atoms with Gasteiger partial charge >= 0.3 is 0 Å². The Balaban J connectivity index is 1.17. The average molecular weight is 786 g/mol. The van der Waals surface area contributed by atoms with E-state index in [9.17, 15) is 0 Å². The van der Waals surface area contributed by atoms with Gasteiger partial charge in [-0.1, -0.05) is 212 Å². The predicted octanol–water partition coefficient (Wildman–Crippen LogP) is 16.3. The quantitative estimate of drug-likeness (QED) is 0.157. The highest BCUT2D eigenvalue weighted by Gasteiger charge is 2.52. The van der Waals surface area contributed by atoms with Gasteiger partial charge in [0, 0.05) is 16.8 Å². The van der Waals surface area contributed by atoms with Crippen LogP contribution in [0.1, 0.15) is 22.3 Å². The van der Waals surface area contributed by atoms with Crippen LogP contribution in [0.3, 0.4) is 0 Å². The summed E-state index contributed by atoms with van der Waals surface area (Å²) < 4.78 is 0. The zero-order chi connectivity index (χ0) is 40.8. The van der Waals surface area contributed by atoms with E-state index in [4.69, 9.17) is 0 Å². The van der Waals surface area contributed by atoms with E-state index in [2.05, 4.69) is 241 Å². The fourth-order valence-corrected chi connectivity index (χ4v) is 11.1. The van der Waals surface area contributed by atoms with Crippen molar-refractivity contribution >= 4 is 49.4 Å². The Bertz CT molecular complexity index is 3500. The molecule has 13 rings (SSSR count). The van der Waals surface area contributed by atoms with Crippen molar-refractivity contribution in [2.24, 2.45) is 0 Å². The zero-order valence-electron chi connectivity index (χ0n) is 34.0. The molecular weight excluding hydrogens is 747 g/mol. The number of nitrogens with zero attached hydrogens (tertiary/aromatic N) is 1. The van der Waals surface area contributed by atoms with Gasteiger partial charge in [-0.25, -0.2) is 0 Å². The minimum absolute atomic E-state index is 0.465. The monoisotopic (exact) mass is 785 g/mol. The minimum Gasteiger partial charge on any atom is -0.309 e. The van der Waals surface area contributed by atoms with Crippen LogP contribution in [-0.4, -0.2) is 0 Å².